The van der Waals surface area contributed by atoms with E-state index in [0.29, 0.717) is 13.2 Å². The molecule has 0 bridgehead atoms. The van der Waals surface area contributed by atoms with Gasteiger partial charge in [0.05, 0.1) is 48.6 Å². The molecule has 0 aliphatic heterocycles. The van der Waals surface area contributed by atoms with Crippen molar-refractivity contribution in [2.45, 2.75) is 0 Å². The van der Waals surface area contributed by atoms with Crippen molar-refractivity contribution in [1.82, 2.24) is 0 Å². The second-order valence-electron chi connectivity index (χ2n) is 1.23. The molecule has 0 rings (SSSR count). The van der Waals surface area contributed by atoms with Gasteiger partial charge >= 0.3 is 0 Å². The van der Waals surface area contributed by atoms with E-state index in [1.165, 1.54) is 0 Å². The quantitative estimate of drug-likeness (QED) is 0.337. The zero-order valence-corrected chi connectivity index (χ0v) is 6.99. The van der Waals surface area contributed by atoms with Crippen molar-refractivity contribution in [3.63, 3.8) is 0 Å². The molecular formula is C4H10O4S2. The van der Waals surface area contributed by atoms with Gasteiger partial charge in [0.25, 0.3) is 0 Å². The number of aliphatic hydroxyl groups is 2. The molecule has 0 aromatic rings. The number of rotatable bonds is 7. The van der Waals surface area contributed by atoms with Crippen molar-refractivity contribution in [1.29, 1.82) is 0 Å². The van der Waals surface area contributed by atoms with E-state index in [2.05, 4.69) is 0 Å². The highest BCUT2D eigenvalue weighted by Crippen LogP contribution is 2.22. The second kappa shape index (κ2) is 9.54. The summed E-state index contributed by atoms with van der Waals surface area (Å²) >= 11 is 2.08. The summed E-state index contributed by atoms with van der Waals surface area (Å²) in [6.45, 7) is 0.599. The molecular weight excluding hydrogens is 176 g/mol. The molecule has 0 heterocycles. The third kappa shape index (κ3) is 8.54. The van der Waals surface area contributed by atoms with Crippen LogP contribution in [0.1, 0.15) is 0 Å². The smallest absolute Gasteiger partial charge is 0.0926 e. The molecule has 0 radical (unpaired) electrons. The Labute approximate surface area is 67.7 Å². The van der Waals surface area contributed by atoms with E-state index in [1.807, 2.05) is 0 Å². The van der Waals surface area contributed by atoms with Crippen LogP contribution in [0.4, 0.5) is 0 Å². The molecule has 0 aromatic heterocycles. The van der Waals surface area contributed by atoms with Gasteiger partial charge in [-0.2, -0.15) is 0 Å². The molecule has 0 saturated carbocycles. The Balaban J connectivity index is 2.65. The Morgan fingerprint density at radius 3 is 1.60 bits per heavy atom. The van der Waals surface area contributed by atoms with E-state index in [0.717, 1.165) is 22.1 Å². The summed E-state index contributed by atoms with van der Waals surface area (Å²) in [4.78, 5) is 0. The molecule has 0 atom stereocenters. The molecule has 0 unspecified atom stereocenters. The van der Waals surface area contributed by atoms with Gasteiger partial charge in [-0.1, -0.05) is 0 Å². The van der Waals surface area contributed by atoms with Crippen molar-refractivity contribution in [2.75, 3.05) is 26.4 Å². The van der Waals surface area contributed by atoms with E-state index in [1.54, 1.807) is 0 Å². The first-order valence-electron chi connectivity index (χ1n) is 2.71. The van der Waals surface area contributed by atoms with Gasteiger partial charge in [-0.05, 0) is 0 Å². The lowest BCUT2D eigenvalue weighted by Crippen LogP contribution is -1.92. The maximum Gasteiger partial charge on any atom is 0.0926 e. The first-order valence-corrected chi connectivity index (χ1v) is 4.71. The first kappa shape index (κ1) is 10.5. The van der Waals surface area contributed by atoms with Gasteiger partial charge in [0.2, 0.25) is 0 Å². The van der Waals surface area contributed by atoms with Crippen LogP contribution in [0.15, 0.2) is 0 Å². The summed E-state index contributed by atoms with van der Waals surface area (Å²) in [7, 11) is 0. The van der Waals surface area contributed by atoms with Crippen molar-refractivity contribution in [3.05, 3.63) is 0 Å². The van der Waals surface area contributed by atoms with Gasteiger partial charge in [-0.3, -0.25) is 0 Å². The van der Waals surface area contributed by atoms with Crippen LogP contribution in [-0.4, -0.2) is 36.6 Å². The minimum absolute atomic E-state index is 0.00750. The third-order valence-corrected chi connectivity index (χ3v) is 1.80. The highest BCUT2D eigenvalue weighted by molar-refractivity contribution is 8.73. The Kier molecular flexibility index (Phi) is 10.1. The molecule has 0 spiro atoms. The van der Waals surface area contributed by atoms with Crippen molar-refractivity contribution >= 4 is 22.1 Å². The minimum Gasteiger partial charge on any atom is -0.394 e. The Morgan fingerprint density at radius 1 is 0.900 bits per heavy atom. The van der Waals surface area contributed by atoms with E-state index in [4.69, 9.17) is 18.6 Å². The highest BCUT2D eigenvalue weighted by Gasteiger charge is 1.89. The number of hydrogen-bond donors (Lipinski definition) is 2. The van der Waals surface area contributed by atoms with Gasteiger partial charge in [0, 0.05) is 0 Å². The molecule has 2 N–H and O–H groups in total. The van der Waals surface area contributed by atoms with Crippen LogP contribution in [0.5, 0.6) is 0 Å². The zero-order chi connectivity index (χ0) is 7.66. The zero-order valence-electron chi connectivity index (χ0n) is 5.36. The van der Waals surface area contributed by atoms with E-state index in [-0.39, 0.29) is 13.2 Å². The summed E-state index contributed by atoms with van der Waals surface area (Å²) in [6.07, 6.45) is 0. The SMILES string of the molecule is OCCOSSOCCO. The highest BCUT2D eigenvalue weighted by atomic mass is 33.1. The molecule has 0 fully saturated rings. The Bertz CT molecular complexity index is 55.2. The molecule has 0 saturated heterocycles. The first-order chi connectivity index (χ1) is 4.91. The molecule has 0 aliphatic rings. The fourth-order valence-corrected chi connectivity index (χ4v) is 1.19. The van der Waals surface area contributed by atoms with Gasteiger partial charge in [0.15, 0.2) is 0 Å². The second-order valence-corrected chi connectivity index (χ2v) is 2.79. The molecule has 62 valence electrons. The van der Waals surface area contributed by atoms with Crippen LogP contribution in [0, 0.1) is 0 Å². The van der Waals surface area contributed by atoms with Gasteiger partial charge < -0.3 is 18.6 Å². The lowest BCUT2D eigenvalue weighted by molar-refractivity contribution is 0.218. The molecule has 0 amide bonds. The van der Waals surface area contributed by atoms with Crippen LogP contribution in [0.3, 0.4) is 0 Å². The van der Waals surface area contributed by atoms with Crippen LogP contribution >= 0.6 is 22.1 Å². The predicted molar refractivity (Wildman–Crippen MR) is 41.3 cm³/mol. The van der Waals surface area contributed by atoms with Crippen molar-refractivity contribution in [2.24, 2.45) is 0 Å². The lowest BCUT2D eigenvalue weighted by Gasteiger charge is -1.98. The standard InChI is InChI=1S/C4H10O4S2/c5-1-3-7-9-10-8-4-2-6/h5-6H,1-4H2. The van der Waals surface area contributed by atoms with Crippen molar-refractivity contribution < 1.29 is 18.6 Å². The number of aliphatic hydroxyl groups excluding tert-OH is 2. The fraction of sp³-hybridized carbons (Fsp3) is 1.00. The summed E-state index contributed by atoms with van der Waals surface area (Å²) in [6, 6.07) is 0. The predicted octanol–water partition coefficient (Wildman–Crippen LogP) is 0.216. The maximum atomic E-state index is 8.24. The molecule has 10 heavy (non-hydrogen) atoms. The minimum atomic E-state index is 0.00750. The van der Waals surface area contributed by atoms with E-state index >= 15 is 0 Å². The average Bonchev–Trinajstić information content (AvgIpc) is 1.97. The lowest BCUT2D eigenvalue weighted by atomic mass is 10.8. The molecule has 4 nitrogen and oxygen atoms in total. The van der Waals surface area contributed by atoms with Gasteiger partial charge in [0.1, 0.15) is 0 Å². The number of hydrogen-bond acceptors (Lipinski definition) is 6. The third-order valence-electron chi connectivity index (χ3n) is 0.473. The van der Waals surface area contributed by atoms with E-state index < -0.39 is 0 Å². The van der Waals surface area contributed by atoms with Crippen LogP contribution < -0.4 is 0 Å². The molecule has 0 aromatic carbocycles. The van der Waals surface area contributed by atoms with E-state index in [9.17, 15) is 0 Å². The summed E-state index contributed by atoms with van der Waals surface area (Å²) in [5.74, 6) is 0. The fourth-order valence-electron chi connectivity index (χ4n) is 0.182. The largest absolute Gasteiger partial charge is 0.394 e. The van der Waals surface area contributed by atoms with Crippen LogP contribution in [0.25, 0.3) is 0 Å². The van der Waals surface area contributed by atoms with Crippen LogP contribution in [-0.2, 0) is 8.37 Å². The molecule has 6 heteroatoms. The van der Waals surface area contributed by atoms with Crippen LogP contribution in [0.2, 0.25) is 0 Å². The summed E-state index contributed by atoms with van der Waals surface area (Å²) in [5.41, 5.74) is 0. The topological polar surface area (TPSA) is 58.9 Å². The molecule has 0 aliphatic carbocycles. The average molecular weight is 186 g/mol. The maximum absolute atomic E-state index is 8.24. The Morgan fingerprint density at radius 2 is 1.30 bits per heavy atom. The van der Waals surface area contributed by atoms with Gasteiger partial charge in [-0.15, -0.1) is 0 Å². The van der Waals surface area contributed by atoms with Crippen molar-refractivity contribution in [3.8, 4) is 0 Å². The summed E-state index contributed by atoms with van der Waals surface area (Å²) < 4.78 is 9.50. The van der Waals surface area contributed by atoms with Gasteiger partial charge in [-0.25, -0.2) is 0 Å². The Hall–Kier alpha value is 0.540. The monoisotopic (exact) mass is 186 g/mol. The normalized spacial score (nSPS) is 10.2. The summed E-state index contributed by atoms with van der Waals surface area (Å²) in [5, 5.41) is 16.5.